The van der Waals surface area contributed by atoms with E-state index in [4.69, 9.17) is 5.26 Å². The van der Waals surface area contributed by atoms with Crippen LogP contribution in [-0.4, -0.2) is 28.1 Å². The van der Waals surface area contributed by atoms with Gasteiger partial charge in [-0.05, 0) is 6.08 Å². The summed E-state index contributed by atoms with van der Waals surface area (Å²) in [6.07, 6.45) is 4.51. The highest BCUT2D eigenvalue weighted by molar-refractivity contribution is 5.88. The molecule has 0 bridgehead atoms. The normalized spacial score (nSPS) is 10.3. The van der Waals surface area contributed by atoms with Gasteiger partial charge >= 0.3 is 5.97 Å². The van der Waals surface area contributed by atoms with Gasteiger partial charge in [-0.3, -0.25) is 0 Å². The van der Waals surface area contributed by atoms with Crippen LogP contribution in [0, 0.1) is 11.5 Å². The quantitative estimate of drug-likeness (QED) is 0.611. The van der Waals surface area contributed by atoms with Crippen LogP contribution in [0.5, 0.6) is 0 Å². The Morgan fingerprint density at radius 3 is 2.74 bits per heavy atom. The first-order valence-electron chi connectivity index (χ1n) is 5.43. The third-order valence-electron chi connectivity index (χ3n) is 2.35. The van der Waals surface area contributed by atoms with Gasteiger partial charge in [-0.25, -0.2) is 4.79 Å². The molecule has 1 aromatic carbocycles. The van der Waals surface area contributed by atoms with Crippen molar-refractivity contribution in [2.75, 3.05) is 7.11 Å². The second-order valence-electron chi connectivity index (χ2n) is 3.55. The average molecular weight is 254 g/mol. The molecule has 0 unspecified atom stereocenters. The van der Waals surface area contributed by atoms with Crippen LogP contribution in [0.15, 0.2) is 36.4 Å². The summed E-state index contributed by atoms with van der Waals surface area (Å²) >= 11 is 0. The number of aromatic nitrogens is 3. The van der Waals surface area contributed by atoms with Crippen molar-refractivity contribution in [1.29, 1.82) is 5.26 Å². The van der Waals surface area contributed by atoms with Gasteiger partial charge in [0.05, 0.1) is 7.11 Å². The molecule has 19 heavy (non-hydrogen) atoms. The van der Waals surface area contributed by atoms with Crippen LogP contribution < -0.4 is 0 Å². The number of hydrogen-bond donors (Lipinski definition) is 0. The van der Waals surface area contributed by atoms with Gasteiger partial charge in [0.2, 0.25) is 6.19 Å². The van der Waals surface area contributed by atoms with Gasteiger partial charge in [0.15, 0.2) is 0 Å². The molecule has 0 fully saturated rings. The lowest BCUT2D eigenvalue weighted by Crippen LogP contribution is -1.94. The van der Waals surface area contributed by atoms with Gasteiger partial charge in [-0.1, -0.05) is 35.1 Å². The van der Waals surface area contributed by atoms with E-state index < -0.39 is 5.97 Å². The van der Waals surface area contributed by atoms with E-state index in [1.54, 1.807) is 6.19 Å². The lowest BCUT2D eigenvalue weighted by Gasteiger charge is -1.95. The molecule has 0 aliphatic carbocycles. The first-order valence-corrected chi connectivity index (χ1v) is 5.43. The Kier molecular flexibility index (Phi) is 3.69. The van der Waals surface area contributed by atoms with Crippen LogP contribution in [0.25, 0.3) is 17.3 Å². The zero-order valence-electron chi connectivity index (χ0n) is 10.1. The monoisotopic (exact) mass is 254 g/mol. The maximum absolute atomic E-state index is 11.1. The number of nitrogens with zero attached hydrogens (tertiary/aromatic N) is 4. The molecule has 0 saturated carbocycles. The minimum atomic E-state index is -0.495. The zero-order valence-corrected chi connectivity index (χ0v) is 10.1. The number of nitriles is 1. The number of rotatable bonds is 3. The molecule has 94 valence electrons. The van der Waals surface area contributed by atoms with E-state index in [0.29, 0.717) is 11.4 Å². The van der Waals surface area contributed by atoms with Crippen LogP contribution >= 0.6 is 0 Å². The van der Waals surface area contributed by atoms with E-state index in [1.807, 2.05) is 30.3 Å². The summed E-state index contributed by atoms with van der Waals surface area (Å²) in [5.74, 6) is -0.495. The maximum atomic E-state index is 11.1. The Morgan fingerprint density at radius 1 is 1.37 bits per heavy atom. The molecule has 0 spiro atoms. The van der Waals surface area contributed by atoms with Crippen molar-refractivity contribution in [3.8, 4) is 17.5 Å². The molecule has 6 nitrogen and oxygen atoms in total. The Bertz CT molecular complexity index is 653. The zero-order chi connectivity index (χ0) is 13.7. The van der Waals surface area contributed by atoms with Crippen molar-refractivity contribution in [2.24, 2.45) is 0 Å². The van der Waals surface area contributed by atoms with E-state index in [2.05, 4.69) is 14.9 Å². The minimum absolute atomic E-state index is 0.429. The minimum Gasteiger partial charge on any atom is -0.466 e. The van der Waals surface area contributed by atoms with Crippen LogP contribution in [0.1, 0.15) is 5.69 Å². The highest BCUT2D eigenvalue weighted by Crippen LogP contribution is 2.20. The lowest BCUT2D eigenvalue weighted by molar-refractivity contribution is -0.134. The van der Waals surface area contributed by atoms with Crippen molar-refractivity contribution in [1.82, 2.24) is 15.0 Å². The van der Waals surface area contributed by atoms with E-state index in [9.17, 15) is 4.79 Å². The summed E-state index contributed by atoms with van der Waals surface area (Å²) in [7, 11) is 1.29. The Balaban J connectivity index is 2.44. The average Bonchev–Trinajstić information content (AvgIpc) is 2.89. The molecule has 1 aromatic heterocycles. The molecule has 1 heterocycles. The number of esters is 1. The molecule has 0 aliphatic rings. The molecule has 0 saturated heterocycles. The SMILES string of the molecule is COC(=O)/C=C\c1nn(C#N)nc1-c1ccccc1. The highest BCUT2D eigenvalue weighted by atomic mass is 16.5. The summed E-state index contributed by atoms with van der Waals surface area (Å²) in [5, 5.41) is 16.8. The molecular formula is C13H10N4O2. The van der Waals surface area contributed by atoms with Gasteiger partial charge < -0.3 is 4.74 Å². The van der Waals surface area contributed by atoms with Gasteiger partial charge in [0.1, 0.15) is 11.4 Å². The molecule has 0 N–H and O–H groups in total. The van der Waals surface area contributed by atoms with Gasteiger partial charge in [-0.15, -0.1) is 10.2 Å². The Morgan fingerprint density at radius 2 is 2.11 bits per heavy atom. The highest BCUT2D eigenvalue weighted by Gasteiger charge is 2.10. The van der Waals surface area contributed by atoms with Crippen LogP contribution in [0.2, 0.25) is 0 Å². The summed E-state index contributed by atoms with van der Waals surface area (Å²) in [5.41, 5.74) is 1.77. The van der Waals surface area contributed by atoms with Crippen LogP contribution in [-0.2, 0) is 9.53 Å². The summed E-state index contributed by atoms with van der Waals surface area (Å²) in [4.78, 5) is 12.0. The fourth-order valence-electron chi connectivity index (χ4n) is 1.49. The number of benzene rings is 1. The number of hydrogen-bond acceptors (Lipinski definition) is 5. The fourth-order valence-corrected chi connectivity index (χ4v) is 1.49. The van der Waals surface area contributed by atoms with E-state index in [-0.39, 0.29) is 0 Å². The van der Waals surface area contributed by atoms with Gasteiger partial charge in [0, 0.05) is 11.6 Å². The number of carbonyl (C=O) groups excluding carboxylic acids is 1. The second-order valence-corrected chi connectivity index (χ2v) is 3.55. The van der Waals surface area contributed by atoms with Crippen molar-refractivity contribution >= 4 is 12.0 Å². The van der Waals surface area contributed by atoms with Crippen molar-refractivity contribution in [2.45, 2.75) is 0 Å². The van der Waals surface area contributed by atoms with Crippen molar-refractivity contribution < 1.29 is 9.53 Å². The first-order chi connectivity index (χ1) is 9.24. The number of carbonyl (C=O) groups is 1. The second kappa shape index (κ2) is 5.60. The third kappa shape index (κ3) is 2.84. The Labute approximate surface area is 109 Å². The molecule has 0 atom stereocenters. The van der Waals surface area contributed by atoms with E-state index in [1.165, 1.54) is 19.3 Å². The largest absolute Gasteiger partial charge is 0.466 e. The smallest absolute Gasteiger partial charge is 0.330 e. The van der Waals surface area contributed by atoms with Gasteiger partial charge in [0.25, 0.3) is 0 Å². The predicted octanol–water partition coefficient (Wildman–Crippen LogP) is 1.46. The first kappa shape index (κ1) is 12.5. The van der Waals surface area contributed by atoms with Crippen LogP contribution in [0.4, 0.5) is 0 Å². The standard InChI is InChI=1S/C13H10N4O2/c1-19-12(18)8-7-11-13(16-17(9-14)15-11)10-5-3-2-4-6-10/h2-8H,1H3/b8-7-. The molecule has 0 aliphatic heterocycles. The lowest BCUT2D eigenvalue weighted by atomic mass is 10.1. The van der Waals surface area contributed by atoms with Gasteiger partial charge in [-0.2, -0.15) is 5.26 Å². The molecular weight excluding hydrogens is 244 g/mol. The van der Waals surface area contributed by atoms with Crippen molar-refractivity contribution in [3.63, 3.8) is 0 Å². The summed E-state index contributed by atoms with van der Waals surface area (Å²) in [6.45, 7) is 0. The molecule has 0 amide bonds. The summed E-state index contributed by atoms with van der Waals surface area (Å²) < 4.78 is 4.50. The molecule has 6 heteroatoms. The van der Waals surface area contributed by atoms with E-state index >= 15 is 0 Å². The maximum Gasteiger partial charge on any atom is 0.330 e. The number of methoxy groups -OCH3 is 1. The summed E-state index contributed by atoms with van der Waals surface area (Å²) in [6, 6.07) is 9.29. The molecule has 2 rings (SSSR count). The topological polar surface area (TPSA) is 80.8 Å². The predicted molar refractivity (Wildman–Crippen MR) is 67.5 cm³/mol. The number of ether oxygens (including phenoxy) is 1. The van der Waals surface area contributed by atoms with E-state index in [0.717, 1.165) is 10.4 Å². The molecule has 2 aromatic rings. The van der Waals surface area contributed by atoms with Crippen molar-refractivity contribution in [3.05, 3.63) is 42.1 Å². The third-order valence-corrected chi connectivity index (χ3v) is 2.35. The fraction of sp³-hybridized carbons (Fsp3) is 0.0769. The van der Waals surface area contributed by atoms with Crippen LogP contribution in [0.3, 0.4) is 0 Å². The molecule has 0 radical (unpaired) electrons. The Hall–Kier alpha value is -2.94.